The third kappa shape index (κ3) is 4.86. The summed E-state index contributed by atoms with van der Waals surface area (Å²) >= 11 is 0. The molecule has 4 heterocycles. The van der Waals surface area contributed by atoms with Crippen LogP contribution in [0.4, 0.5) is 14.7 Å². The molecule has 3 aromatic heterocycles. The summed E-state index contributed by atoms with van der Waals surface area (Å²) < 4.78 is 35.3. The lowest BCUT2D eigenvalue weighted by atomic mass is 10.1. The van der Waals surface area contributed by atoms with Crippen LogP contribution in [0.15, 0.2) is 42.9 Å². The van der Waals surface area contributed by atoms with Crippen LogP contribution in [0.3, 0.4) is 0 Å². The Bertz CT molecular complexity index is 1290. The van der Waals surface area contributed by atoms with E-state index in [-0.39, 0.29) is 11.7 Å². The number of benzene rings is 1. The summed E-state index contributed by atoms with van der Waals surface area (Å²) in [4.78, 5) is 19.8. The van der Waals surface area contributed by atoms with Gasteiger partial charge >= 0.3 is 0 Å². The summed E-state index contributed by atoms with van der Waals surface area (Å²) in [6.07, 6.45) is 8.12. The highest BCUT2D eigenvalue weighted by Crippen LogP contribution is 2.33. The van der Waals surface area contributed by atoms with Crippen LogP contribution in [0, 0.1) is 18.6 Å². The van der Waals surface area contributed by atoms with Gasteiger partial charge in [0.05, 0.1) is 24.4 Å². The SMILES string of the molecule is Cc1cnc2c(-c3ccc(F)cc3F)nc(N3CCO[C@@H](C)C3)nc2n1.c1cnn(C2CC2)c1. The van der Waals surface area contributed by atoms with Gasteiger partial charge in [-0.2, -0.15) is 10.1 Å². The molecule has 0 radical (unpaired) electrons. The maximum absolute atomic E-state index is 14.4. The Morgan fingerprint density at radius 2 is 1.97 bits per heavy atom. The van der Waals surface area contributed by atoms with Crippen molar-refractivity contribution < 1.29 is 13.5 Å². The molecular formula is C24H25F2N7O. The molecule has 0 bridgehead atoms. The predicted octanol–water partition coefficient (Wildman–Crippen LogP) is 4.12. The molecule has 10 heteroatoms. The lowest BCUT2D eigenvalue weighted by Gasteiger charge is -2.31. The summed E-state index contributed by atoms with van der Waals surface area (Å²) in [5, 5.41) is 4.09. The minimum Gasteiger partial charge on any atom is -0.375 e. The van der Waals surface area contributed by atoms with E-state index in [9.17, 15) is 8.78 Å². The van der Waals surface area contributed by atoms with E-state index >= 15 is 0 Å². The molecule has 0 N–H and O–H groups in total. The number of nitrogens with zero attached hydrogens (tertiary/aromatic N) is 7. The van der Waals surface area contributed by atoms with Crippen LogP contribution in [-0.2, 0) is 4.74 Å². The first kappa shape index (κ1) is 22.3. The number of aryl methyl sites for hydroxylation is 1. The van der Waals surface area contributed by atoms with Crippen molar-refractivity contribution in [1.29, 1.82) is 0 Å². The molecule has 8 nitrogen and oxygen atoms in total. The average molecular weight is 466 g/mol. The molecule has 2 fully saturated rings. The van der Waals surface area contributed by atoms with E-state index in [1.807, 2.05) is 41.9 Å². The monoisotopic (exact) mass is 465 g/mol. The molecule has 1 atom stereocenters. The fraction of sp³-hybridized carbons (Fsp3) is 0.375. The van der Waals surface area contributed by atoms with Gasteiger partial charge in [-0.05, 0) is 44.9 Å². The molecule has 176 valence electrons. The molecule has 4 aromatic rings. The van der Waals surface area contributed by atoms with Crippen molar-refractivity contribution in [3.8, 4) is 11.3 Å². The third-order valence-corrected chi connectivity index (χ3v) is 5.67. The van der Waals surface area contributed by atoms with Gasteiger partial charge in [-0.15, -0.1) is 0 Å². The van der Waals surface area contributed by atoms with Gasteiger partial charge in [0.25, 0.3) is 0 Å². The number of halogens is 2. The van der Waals surface area contributed by atoms with Crippen molar-refractivity contribution >= 4 is 17.1 Å². The van der Waals surface area contributed by atoms with Crippen molar-refractivity contribution in [2.24, 2.45) is 0 Å². The minimum atomic E-state index is -0.700. The summed E-state index contributed by atoms with van der Waals surface area (Å²) in [7, 11) is 0. The zero-order valence-corrected chi connectivity index (χ0v) is 19.0. The molecule has 1 saturated heterocycles. The second kappa shape index (κ2) is 9.38. The number of anilines is 1. The number of hydrogen-bond donors (Lipinski definition) is 0. The Hall–Kier alpha value is -3.53. The van der Waals surface area contributed by atoms with Gasteiger partial charge < -0.3 is 9.64 Å². The molecule has 0 unspecified atom stereocenters. The van der Waals surface area contributed by atoms with E-state index in [0.29, 0.717) is 48.2 Å². The molecule has 34 heavy (non-hydrogen) atoms. The largest absolute Gasteiger partial charge is 0.375 e. The van der Waals surface area contributed by atoms with E-state index in [0.717, 1.165) is 12.1 Å². The molecule has 1 aliphatic carbocycles. The smallest absolute Gasteiger partial charge is 0.228 e. The lowest BCUT2D eigenvalue weighted by Crippen LogP contribution is -2.42. The van der Waals surface area contributed by atoms with E-state index < -0.39 is 11.6 Å². The second-order valence-corrected chi connectivity index (χ2v) is 8.52. The van der Waals surface area contributed by atoms with Gasteiger partial charge in [0.2, 0.25) is 5.95 Å². The summed E-state index contributed by atoms with van der Waals surface area (Å²) in [6, 6.07) is 6.11. The number of hydrogen-bond acceptors (Lipinski definition) is 7. The number of aromatic nitrogens is 6. The molecule has 0 amide bonds. The van der Waals surface area contributed by atoms with E-state index in [1.165, 1.54) is 25.0 Å². The molecule has 6 rings (SSSR count). The average Bonchev–Trinajstić information content (AvgIpc) is 3.52. The number of ether oxygens (including phenoxy) is 1. The van der Waals surface area contributed by atoms with Crippen molar-refractivity contribution in [2.45, 2.75) is 38.8 Å². The fourth-order valence-electron chi connectivity index (χ4n) is 3.83. The van der Waals surface area contributed by atoms with Crippen molar-refractivity contribution in [3.05, 3.63) is 60.2 Å². The maximum Gasteiger partial charge on any atom is 0.228 e. The summed E-state index contributed by atoms with van der Waals surface area (Å²) in [6.45, 7) is 5.58. The molecule has 1 aromatic carbocycles. The number of morpholine rings is 1. The normalized spacial score (nSPS) is 18.0. The zero-order valence-electron chi connectivity index (χ0n) is 19.0. The van der Waals surface area contributed by atoms with Crippen LogP contribution in [0.25, 0.3) is 22.4 Å². The molecule has 1 aliphatic heterocycles. The standard InChI is InChI=1S/C18H17F2N5O.C6H8N2/c1-10-8-21-16-15(13-4-3-12(19)7-14(13)20)23-18(24-17(16)22-10)25-5-6-26-11(2)9-25;1-4-7-8(5-1)6-2-3-6/h3-4,7-8,11H,5-6,9H2,1-2H3;1,4-6H,2-3H2/t11-;/m0./s1. The minimum absolute atomic E-state index is 0.0395. The maximum atomic E-state index is 14.4. The van der Waals surface area contributed by atoms with Crippen LogP contribution in [0.1, 0.15) is 31.5 Å². The molecule has 1 saturated carbocycles. The van der Waals surface area contributed by atoms with Crippen LogP contribution in [-0.4, -0.2) is 55.5 Å². The highest BCUT2D eigenvalue weighted by Gasteiger charge is 2.24. The van der Waals surface area contributed by atoms with Crippen LogP contribution >= 0.6 is 0 Å². The van der Waals surface area contributed by atoms with Gasteiger partial charge in [0.15, 0.2) is 5.65 Å². The molecule has 0 spiro atoms. The van der Waals surface area contributed by atoms with Crippen molar-refractivity contribution in [1.82, 2.24) is 29.7 Å². The van der Waals surface area contributed by atoms with Crippen molar-refractivity contribution in [2.75, 3.05) is 24.6 Å². The van der Waals surface area contributed by atoms with Crippen LogP contribution in [0.5, 0.6) is 0 Å². The Balaban J connectivity index is 0.000000252. The van der Waals surface area contributed by atoms with E-state index in [4.69, 9.17) is 4.74 Å². The number of fused-ring (bicyclic) bond motifs is 1. The van der Waals surface area contributed by atoms with Gasteiger partial charge in [-0.1, -0.05) is 0 Å². The molecular weight excluding hydrogens is 440 g/mol. The summed E-state index contributed by atoms with van der Waals surface area (Å²) in [5.41, 5.74) is 1.93. The Labute approximate surface area is 195 Å². The Morgan fingerprint density at radius 3 is 2.68 bits per heavy atom. The first-order valence-corrected chi connectivity index (χ1v) is 11.3. The highest BCUT2D eigenvalue weighted by molar-refractivity contribution is 5.88. The van der Waals surface area contributed by atoms with Crippen LogP contribution in [0.2, 0.25) is 0 Å². The van der Waals surface area contributed by atoms with E-state index in [2.05, 4.69) is 25.0 Å². The lowest BCUT2D eigenvalue weighted by molar-refractivity contribution is 0.0526. The second-order valence-electron chi connectivity index (χ2n) is 8.52. The van der Waals surface area contributed by atoms with Gasteiger partial charge in [-0.25, -0.2) is 23.7 Å². The third-order valence-electron chi connectivity index (χ3n) is 5.67. The van der Waals surface area contributed by atoms with Crippen LogP contribution < -0.4 is 4.90 Å². The first-order valence-electron chi connectivity index (χ1n) is 11.3. The Morgan fingerprint density at radius 1 is 1.12 bits per heavy atom. The quantitative estimate of drug-likeness (QED) is 0.450. The van der Waals surface area contributed by atoms with Crippen molar-refractivity contribution in [3.63, 3.8) is 0 Å². The van der Waals surface area contributed by atoms with E-state index in [1.54, 1.807) is 6.20 Å². The highest BCUT2D eigenvalue weighted by atomic mass is 19.1. The first-order chi connectivity index (χ1) is 16.5. The Kier molecular flexibility index (Phi) is 6.14. The van der Waals surface area contributed by atoms with Gasteiger partial charge in [0.1, 0.15) is 22.8 Å². The van der Waals surface area contributed by atoms with Gasteiger partial charge in [-0.3, -0.25) is 4.68 Å². The predicted molar refractivity (Wildman–Crippen MR) is 123 cm³/mol. The topological polar surface area (TPSA) is 81.8 Å². The zero-order chi connectivity index (χ0) is 23.7. The van der Waals surface area contributed by atoms with Gasteiger partial charge in [0, 0.05) is 43.3 Å². The fourth-order valence-corrected chi connectivity index (χ4v) is 3.83. The summed E-state index contributed by atoms with van der Waals surface area (Å²) in [5.74, 6) is -0.909. The number of rotatable bonds is 3. The molecule has 2 aliphatic rings.